The van der Waals surface area contributed by atoms with E-state index < -0.39 is 16.7 Å². The molecule has 3 amide bonds. The Labute approximate surface area is 227 Å². The van der Waals surface area contributed by atoms with Gasteiger partial charge in [-0.25, -0.2) is 4.98 Å². The molecular formula is C28H25F3N4O3S. The Morgan fingerprint density at radius 3 is 2.46 bits per heavy atom. The number of aromatic nitrogens is 1. The Kier molecular flexibility index (Phi) is 7.11. The summed E-state index contributed by atoms with van der Waals surface area (Å²) in [7, 11) is 0. The van der Waals surface area contributed by atoms with Crippen LogP contribution in [0.15, 0.2) is 66.7 Å². The smallest absolute Gasteiger partial charge is 0.370 e. The van der Waals surface area contributed by atoms with Crippen LogP contribution in [0.25, 0.3) is 10.9 Å². The molecule has 11 heteroatoms. The third kappa shape index (κ3) is 5.93. The van der Waals surface area contributed by atoms with Gasteiger partial charge in [-0.2, -0.15) is 25.8 Å². The number of carbonyl (C=O) groups is 3. The molecule has 0 radical (unpaired) electrons. The molecule has 1 aliphatic heterocycles. The molecule has 2 heterocycles. The van der Waals surface area contributed by atoms with E-state index in [2.05, 4.69) is 15.6 Å². The highest BCUT2D eigenvalue weighted by molar-refractivity contribution is 7.82. The molecule has 5 rings (SSSR count). The molecule has 3 aromatic rings. The Balaban J connectivity index is 1.26. The average molecular weight is 555 g/mol. The number of pyridine rings is 1. The SMILES string of the molecule is O=C(N[C@@H]1CCC[C@@](S)(Nc2cc(C(F)(F)F)nc3ccccc23)C1)c1ccc(CN2C(=O)C=CC2=O)cc1. The van der Waals surface area contributed by atoms with Crippen molar-refractivity contribution in [2.45, 2.75) is 49.3 Å². The minimum Gasteiger partial charge on any atom is -0.370 e. The summed E-state index contributed by atoms with van der Waals surface area (Å²) in [6, 6.07) is 14.0. The van der Waals surface area contributed by atoms with Crippen molar-refractivity contribution in [1.82, 2.24) is 15.2 Å². The number of imide groups is 1. The van der Waals surface area contributed by atoms with Crippen molar-refractivity contribution < 1.29 is 27.6 Å². The molecule has 0 saturated heterocycles. The number of alkyl halides is 3. The zero-order valence-corrected chi connectivity index (χ0v) is 21.6. The summed E-state index contributed by atoms with van der Waals surface area (Å²) in [5.74, 6) is -1.05. The van der Waals surface area contributed by atoms with Crippen LogP contribution >= 0.6 is 12.6 Å². The molecule has 1 aromatic heterocycles. The van der Waals surface area contributed by atoms with Gasteiger partial charge in [-0.1, -0.05) is 30.3 Å². The first-order valence-electron chi connectivity index (χ1n) is 12.4. The highest BCUT2D eigenvalue weighted by Crippen LogP contribution is 2.39. The Morgan fingerprint density at radius 1 is 1.08 bits per heavy atom. The molecule has 202 valence electrons. The monoisotopic (exact) mass is 554 g/mol. The first-order valence-corrected chi connectivity index (χ1v) is 12.9. The van der Waals surface area contributed by atoms with Crippen molar-refractivity contribution in [1.29, 1.82) is 0 Å². The Morgan fingerprint density at radius 2 is 1.77 bits per heavy atom. The number of para-hydroxylation sites is 1. The first kappa shape index (κ1) is 26.7. The van der Waals surface area contributed by atoms with Crippen LogP contribution in [0.2, 0.25) is 0 Å². The topological polar surface area (TPSA) is 91.4 Å². The highest BCUT2D eigenvalue weighted by Gasteiger charge is 2.37. The van der Waals surface area contributed by atoms with E-state index in [9.17, 15) is 27.6 Å². The number of nitrogens with zero attached hydrogens (tertiary/aromatic N) is 2. The molecule has 7 nitrogen and oxygen atoms in total. The predicted molar refractivity (Wildman–Crippen MR) is 143 cm³/mol. The number of carbonyl (C=O) groups excluding carboxylic acids is 3. The zero-order valence-electron chi connectivity index (χ0n) is 20.7. The number of fused-ring (bicyclic) bond motifs is 1. The minimum absolute atomic E-state index is 0.114. The summed E-state index contributed by atoms with van der Waals surface area (Å²) in [6.45, 7) is 0.114. The fraction of sp³-hybridized carbons (Fsp3) is 0.286. The number of halogens is 3. The number of rotatable bonds is 6. The number of amides is 3. The van der Waals surface area contributed by atoms with Crippen LogP contribution in [0.5, 0.6) is 0 Å². The minimum atomic E-state index is -4.60. The largest absolute Gasteiger partial charge is 0.433 e. The van der Waals surface area contributed by atoms with Gasteiger partial charge >= 0.3 is 6.18 Å². The maximum Gasteiger partial charge on any atom is 0.433 e. The lowest BCUT2D eigenvalue weighted by Gasteiger charge is -2.39. The van der Waals surface area contributed by atoms with Gasteiger partial charge in [-0.3, -0.25) is 19.3 Å². The van der Waals surface area contributed by atoms with E-state index in [-0.39, 0.29) is 41.5 Å². The van der Waals surface area contributed by atoms with Crippen LogP contribution < -0.4 is 10.6 Å². The molecule has 0 spiro atoms. The standard InChI is InChI=1S/C28H25F3N4O3S/c29-28(30,31)23-14-22(20-5-1-2-6-21(20)33-23)34-27(39)13-3-4-19(15-27)32-26(38)18-9-7-17(8-10-18)16-35-24(36)11-12-25(35)37/h1-2,5-12,14,19,39H,3-4,13,15-16H2,(H,32,38)(H,33,34)/t19-,27+/m1/s1. The van der Waals surface area contributed by atoms with E-state index in [1.807, 2.05) is 0 Å². The molecule has 2 aromatic carbocycles. The van der Waals surface area contributed by atoms with Gasteiger partial charge in [0.05, 0.1) is 16.9 Å². The van der Waals surface area contributed by atoms with Crippen molar-refractivity contribution in [3.8, 4) is 0 Å². The molecule has 39 heavy (non-hydrogen) atoms. The van der Waals surface area contributed by atoms with Gasteiger partial charge < -0.3 is 10.6 Å². The molecule has 1 aliphatic carbocycles. The molecule has 1 saturated carbocycles. The lowest BCUT2D eigenvalue weighted by Crippen LogP contribution is -2.46. The van der Waals surface area contributed by atoms with E-state index in [1.54, 1.807) is 42.5 Å². The van der Waals surface area contributed by atoms with Crippen LogP contribution in [0.1, 0.15) is 47.3 Å². The Bertz CT molecular complexity index is 1460. The van der Waals surface area contributed by atoms with Gasteiger partial charge in [-0.05, 0) is 55.5 Å². The summed E-state index contributed by atoms with van der Waals surface area (Å²) in [5.41, 5.74) is 0.644. The van der Waals surface area contributed by atoms with E-state index in [4.69, 9.17) is 12.6 Å². The van der Waals surface area contributed by atoms with Gasteiger partial charge in [0.1, 0.15) is 5.69 Å². The summed E-state index contributed by atoms with van der Waals surface area (Å²) in [6.07, 6.45) is 0.238. The van der Waals surface area contributed by atoms with Gasteiger partial charge in [0, 0.05) is 34.8 Å². The summed E-state index contributed by atoms with van der Waals surface area (Å²) >= 11 is 4.82. The summed E-state index contributed by atoms with van der Waals surface area (Å²) in [4.78, 5) is 40.5. The molecule has 2 aliphatic rings. The van der Waals surface area contributed by atoms with E-state index in [1.165, 1.54) is 18.2 Å². The van der Waals surface area contributed by atoms with Crippen LogP contribution in [0, 0.1) is 0 Å². The van der Waals surface area contributed by atoms with E-state index in [0.717, 1.165) is 11.0 Å². The lowest BCUT2D eigenvalue weighted by molar-refractivity contribution is -0.141. The number of hydrogen-bond acceptors (Lipinski definition) is 6. The zero-order chi connectivity index (χ0) is 27.8. The van der Waals surface area contributed by atoms with E-state index >= 15 is 0 Å². The highest BCUT2D eigenvalue weighted by atomic mass is 32.1. The number of benzene rings is 2. The van der Waals surface area contributed by atoms with Gasteiger partial charge in [0.2, 0.25) is 0 Å². The lowest BCUT2D eigenvalue weighted by atomic mass is 9.89. The van der Waals surface area contributed by atoms with Crippen molar-refractivity contribution >= 4 is 46.9 Å². The second-order valence-electron chi connectivity index (χ2n) is 9.79. The van der Waals surface area contributed by atoms with Crippen LogP contribution in [-0.4, -0.2) is 38.5 Å². The molecule has 0 bridgehead atoms. The summed E-state index contributed by atoms with van der Waals surface area (Å²) in [5, 5.41) is 6.77. The first-order chi connectivity index (χ1) is 18.5. The third-order valence-corrected chi connectivity index (χ3v) is 7.41. The fourth-order valence-corrected chi connectivity index (χ4v) is 5.46. The second-order valence-corrected chi connectivity index (χ2v) is 10.6. The number of nitrogens with one attached hydrogen (secondary N) is 2. The van der Waals surface area contributed by atoms with Gasteiger partial charge in [0.15, 0.2) is 0 Å². The maximum absolute atomic E-state index is 13.5. The fourth-order valence-electron chi connectivity index (χ4n) is 4.96. The number of thiol groups is 1. The molecular weight excluding hydrogens is 529 g/mol. The van der Waals surface area contributed by atoms with Crippen LogP contribution in [0.3, 0.4) is 0 Å². The molecule has 2 atom stereocenters. The third-order valence-electron chi connectivity index (χ3n) is 6.89. The molecule has 2 N–H and O–H groups in total. The van der Waals surface area contributed by atoms with Crippen molar-refractivity contribution in [3.05, 3.63) is 83.6 Å². The number of hydrogen-bond donors (Lipinski definition) is 3. The average Bonchev–Trinajstić information content (AvgIpc) is 3.20. The van der Waals surface area contributed by atoms with Gasteiger partial charge in [0.25, 0.3) is 17.7 Å². The van der Waals surface area contributed by atoms with Crippen molar-refractivity contribution in [2.24, 2.45) is 0 Å². The normalized spacial score (nSPS) is 21.4. The van der Waals surface area contributed by atoms with E-state index in [0.29, 0.717) is 42.2 Å². The molecule has 0 unspecified atom stereocenters. The second kappa shape index (κ2) is 10.4. The van der Waals surface area contributed by atoms with Crippen LogP contribution in [-0.2, 0) is 22.3 Å². The predicted octanol–water partition coefficient (Wildman–Crippen LogP) is 5.09. The maximum atomic E-state index is 13.5. The van der Waals surface area contributed by atoms with Gasteiger partial charge in [-0.15, -0.1) is 0 Å². The van der Waals surface area contributed by atoms with Crippen LogP contribution in [0.4, 0.5) is 18.9 Å². The van der Waals surface area contributed by atoms with Crippen molar-refractivity contribution in [2.75, 3.05) is 5.32 Å². The summed E-state index contributed by atoms with van der Waals surface area (Å²) < 4.78 is 40.5. The Hall–Kier alpha value is -3.86. The quantitative estimate of drug-likeness (QED) is 0.224. The molecule has 1 fully saturated rings. The van der Waals surface area contributed by atoms with Crippen molar-refractivity contribution in [3.63, 3.8) is 0 Å². The number of anilines is 1.